The molecule has 2 aliphatic rings. The maximum atomic E-state index is 13.5. The van der Waals surface area contributed by atoms with Gasteiger partial charge in [0.15, 0.2) is 11.0 Å². The first kappa shape index (κ1) is 22.9. The summed E-state index contributed by atoms with van der Waals surface area (Å²) in [5, 5.41) is 13.2. The van der Waals surface area contributed by atoms with Crippen LogP contribution in [0.4, 0.5) is 11.4 Å². The van der Waals surface area contributed by atoms with Gasteiger partial charge in [-0.25, -0.2) is 0 Å². The Morgan fingerprint density at radius 2 is 1.82 bits per heavy atom. The molecule has 1 aliphatic carbocycles. The molecule has 1 aromatic heterocycles. The third-order valence-electron chi connectivity index (χ3n) is 6.55. The van der Waals surface area contributed by atoms with Crippen molar-refractivity contribution in [1.82, 2.24) is 14.8 Å². The van der Waals surface area contributed by atoms with E-state index in [4.69, 9.17) is 11.6 Å². The summed E-state index contributed by atoms with van der Waals surface area (Å²) in [5.41, 5.74) is 1.17. The molecule has 176 valence electrons. The zero-order chi connectivity index (χ0) is 23.9. The lowest BCUT2D eigenvalue weighted by atomic mass is 9.96. The average molecular weight is 496 g/mol. The van der Waals surface area contributed by atoms with Gasteiger partial charge < -0.3 is 5.32 Å². The highest BCUT2D eigenvalue weighted by Crippen LogP contribution is 2.40. The Morgan fingerprint density at radius 1 is 1.12 bits per heavy atom. The summed E-state index contributed by atoms with van der Waals surface area (Å²) in [6, 6.07) is 15.3. The minimum Gasteiger partial charge on any atom is -0.322 e. The quantitative estimate of drug-likeness (QED) is 0.468. The number of amides is 2. The van der Waals surface area contributed by atoms with Crippen molar-refractivity contribution < 1.29 is 9.59 Å². The molecule has 1 saturated carbocycles. The lowest BCUT2D eigenvalue weighted by Crippen LogP contribution is -2.59. The molecule has 9 heteroatoms. The fourth-order valence-electron chi connectivity index (χ4n) is 4.78. The van der Waals surface area contributed by atoms with Crippen molar-refractivity contribution in [1.29, 1.82) is 0 Å². The third kappa shape index (κ3) is 3.99. The van der Waals surface area contributed by atoms with E-state index in [2.05, 4.69) is 20.1 Å². The smallest absolute Gasteiger partial charge is 0.250 e. The first-order chi connectivity index (χ1) is 16.4. The highest BCUT2D eigenvalue weighted by molar-refractivity contribution is 7.99. The lowest BCUT2D eigenvalue weighted by Gasteiger charge is -2.42. The van der Waals surface area contributed by atoms with E-state index in [-0.39, 0.29) is 23.6 Å². The number of carbonyl (C=O) groups is 2. The molecule has 1 N–H and O–H groups in total. The van der Waals surface area contributed by atoms with Crippen LogP contribution in [0.3, 0.4) is 0 Å². The number of fused-ring (bicyclic) bond motifs is 1. The standard InChI is InChI=1S/C25H26ClN5O2S/c1-25(2)23(33)27-19-13-7-8-14-20(19)31(25)21(32)15-34-24-29-28-22(17-11-5-6-12-18(17)26)30(24)16-9-3-4-10-16/h5-8,11-14,16H,3-4,9-10,15H2,1-2H3,(H,27,33). The summed E-state index contributed by atoms with van der Waals surface area (Å²) in [4.78, 5) is 27.8. The van der Waals surface area contributed by atoms with E-state index in [9.17, 15) is 9.59 Å². The van der Waals surface area contributed by atoms with Crippen LogP contribution in [0.15, 0.2) is 53.7 Å². The van der Waals surface area contributed by atoms with E-state index < -0.39 is 5.54 Å². The van der Waals surface area contributed by atoms with E-state index in [0.29, 0.717) is 21.6 Å². The summed E-state index contributed by atoms with van der Waals surface area (Å²) in [6.45, 7) is 3.52. The number of nitrogens with one attached hydrogen (secondary N) is 1. The van der Waals surface area contributed by atoms with E-state index in [0.717, 1.165) is 37.1 Å². The topological polar surface area (TPSA) is 80.1 Å². The van der Waals surface area contributed by atoms with Crippen molar-refractivity contribution in [2.75, 3.05) is 16.0 Å². The van der Waals surface area contributed by atoms with E-state index in [1.54, 1.807) is 18.7 Å². The number of hydrogen-bond donors (Lipinski definition) is 1. The third-order valence-corrected chi connectivity index (χ3v) is 7.81. The molecule has 7 nitrogen and oxygen atoms in total. The predicted octanol–water partition coefficient (Wildman–Crippen LogP) is 5.57. The van der Waals surface area contributed by atoms with Gasteiger partial charge in [-0.05, 0) is 51.0 Å². The number of para-hydroxylation sites is 2. The zero-order valence-electron chi connectivity index (χ0n) is 19.1. The minimum atomic E-state index is -1.01. The molecule has 2 amide bonds. The summed E-state index contributed by atoms with van der Waals surface area (Å²) in [5.74, 6) is 0.506. The van der Waals surface area contributed by atoms with Gasteiger partial charge in [0.2, 0.25) is 11.8 Å². The Bertz CT molecular complexity index is 1250. The second kappa shape index (κ2) is 9.07. The first-order valence-electron chi connectivity index (χ1n) is 11.4. The van der Waals surface area contributed by atoms with Gasteiger partial charge >= 0.3 is 0 Å². The van der Waals surface area contributed by atoms with Gasteiger partial charge in [0.05, 0.1) is 22.2 Å². The predicted molar refractivity (Wildman–Crippen MR) is 135 cm³/mol. The molecule has 1 fully saturated rings. The molecule has 34 heavy (non-hydrogen) atoms. The van der Waals surface area contributed by atoms with Crippen molar-refractivity contribution in [3.05, 3.63) is 53.6 Å². The van der Waals surface area contributed by atoms with Crippen LogP contribution in [-0.4, -0.2) is 37.9 Å². The monoisotopic (exact) mass is 495 g/mol. The van der Waals surface area contributed by atoms with Crippen LogP contribution in [0, 0.1) is 0 Å². The van der Waals surface area contributed by atoms with E-state index >= 15 is 0 Å². The molecule has 3 aromatic rings. The van der Waals surface area contributed by atoms with Crippen LogP contribution in [0.2, 0.25) is 5.02 Å². The number of aromatic nitrogens is 3. The molecule has 1 aliphatic heterocycles. The molecule has 2 aromatic carbocycles. The normalized spacial score (nSPS) is 17.5. The van der Waals surface area contributed by atoms with Crippen molar-refractivity contribution in [3.8, 4) is 11.4 Å². The Balaban J connectivity index is 1.45. The molecule has 5 rings (SSSR count). The average Bonchev–Trinajstić information content (AvgIpc) is 3.48. The minimum absolute atomic E-state index is 0.137. The largest absolute Gasteiger partial charge is 0.322 e. The molecule has 0 atom stereocenters. The summed E-state index contributed by atoms with van der Waals surface area (Å²) >= 11 is 7.84. The Morgan fingerprint density at radius 3 is 2.59 bits per heavy atom. The van der Waals surface area contributed by atoms with E-state index in [1.807, 2.05) is 48.5 Å². The number of carbonyl (C=O) groups excluding carboxylic acids is 2. The van der Waals surface area contributed by atoms with Crippen LogP contribution in [0.25, 0.3) is 11.4 Å². The highest BCUT2D eigenvalue weighted by atomic mass is 35.5. The number of hydrogen-bond acceptors (Lipinski definition) is 5. The molecule has 0 bridgehead atoms. The SMILES string of the molecule is CC1(C)C(=O)Nc2ccccc2N1C(=O)CSc1nnc(-c2ccccc2Cl)n1C1CCCC1. The van der Waals surface area contributed by atoms with Gasteiger partial charge in [0.1, 0.15) is 5.54 Å². The maximum Gasteiger partial charge on any atom is 0.250 e. The lowest BCUT2D eigenvalue weighted by molar-refractivity contribution is -0.125. The van der Waals surface area contributed by atoms with Gasteiger partial charge in [-0.3, -0.25) is 19.1 Å². The number of anilines is 2. The van der Waals surface area contributed by atoms with Gasteiger partial charge in [-0.2, -0.15) is 0 Å². The fraction of sp³-hybridized carbons (Fsp3) is 0.360. The molecule has 0 spiro atoms. The van der Waals surface area contributed by atoms with E-state index in [1.165, 1.54) is 11.8 Å². The fourth-order valence-corrected chi connectivity index (χ4v) is 5.86. The molecule has 2 heterocycles. The summed E-state index contributed by atoms with van der Waals surface area (Å²) in [7, 11) is 0. The first-order valence-corrected chi connectivity index (χ1v) is 12.8. The number of benzene rings is 2. The van der Waals surface area contributed by atoms with Crippen molar-refractivity contribution in [2.24, 2.45) is 0 Å². The number of rotatable bonds is 5. The van der Waals surface area contributed by atoms with Crippen LogP contribution in [0.5, 0.6) is 0 Å². The zero-order valence-corrected chi connectivity index (χ0v) is 20.7. The molecule has 0 saturated heterocycles. The van der Waals surface area contributed by atoms with Crippen LogP contribution >= 0.6 is 23.4 Å². The van der Waals surface area contributed by atoms with Gasteiger partial charge in [0.25, 0.3) is 0 Å². The van der Waals surface area contributed by atoms with Crippen molar-refractivity contribution in [2.45, 2.75) is 56.3 Å². The van der Waals surface area contributed by atoms with Gasteiger partial charge in [-0.15, -0.1) is 10.2 Å². The Kier molecular flexibility index (Phi) is 6.12. The van der Waals surface area contributed by atoms with Crippen LogP contribution < -0.4 is 10.2 Å². The van der Waals surface area contributed by atoms with Gasteiger partial charge in [0, 0.05) is 11.6 Å². The molecular weight excluding hydrogens is 470 g/mol. The second-order valence-corrected chi connectivity index (χ2v) is 10.5. The van der Waals surface area contributed by atoms with Crippen LogP contribution in [-0.2, 0) is 9.59 Å². The summed E-state index contributed by atoms with van der Waals surface area (Å²) < 4.78 is 2.15. The molecule has 0 radical (unpaired) electrons. The Hall–Kier alpha value is -2.84. The maximum absolute atomic E-state index is 13.5. The number of thioether (sulfide) groups is 1. The molecular formula is C25H26ClN5O2S. The number of nitrogens with zero attached hydrogens (tertiary/aromatic N) is 4. The van der Waals surface area contributed by atoms with Gasteiger partial charge in [-0.1, -0.05) is 60.5 Å². The van der Waals surface area contributed by atoms with Crippen molar-refractivity contribution >= 4 is 46.6 Å². The van der Waals surface area contributed by atoms with Crippen molar-refractivity contribution in [3.63, 3.8) is 0 Å². The second-order valence-electron chi connectivity index (χ2n) is 9.14. The highest BCUT2D eigenvalue weighted by Gasteiger charge is 2.43. The summed E-state index contributed by atoms with van der Waals surface area (Å²) in [6.07, 6.45) is 4.40. The number of halogens is 1. The Labute approximate surface area is 207 Å². The molecule has 0 unspecified atom stereocenters. The van der Waals surface area contributed by atoms with Crippen LogP contribution in [0.1, 0.15) is 45.6 Å².